The number of hydrogen-bond acceptors (Lipinski definition) is 4. The lowest BCUT2D eigenvalue weighted by Crippen LogP contribution is -2.20. The summed E-state index contributed by atoms with van der Waals surface area (Å²) >= 11 is 0. The van der Waals surface area contributed by atoms with Crippen molar-refractivity contribution in [1.29, 1.82) is 0 Å². The molecule has 0 aliphatic carbocycles. The van der Waals surface area contributed by atoms with E-state index in [-0.39, 0.29) is 0 Å². The van der Waals surface area contributed by atoms with Gasteiger partial charge in [-0.2, -0.15) is 4.98 Å². The highest BCUT2D eigenvalue weighted by Gasteiger charge is 2.09. The molecule has 0 aliphatic heterocycles. The van der Waals surface area contributed by atoms with Crippen LogP contribution in [0.25, 0.3) is 0 Å². The highest BCUT2D eigenvalue weighted by Crippen LogP contribution is 2.13. The van der Waals surface area contributed by atoms with E-state index in [2.05, 4.69) is 36.0 Å². The number of oxazole rings is 1. The van der Waals surface area contributed by atoms with Gasteiger partial charge in [-0.25, -0.2) is 0 Å². The van der Waals surface area contributed by atoms with Crippen LogP contribution in [0.15, 0.2) is 10.7 Å². The average molecular weight is 239 g/mol. The largest absolute Gasteiger partial charge is 0.432 e. The highest BCUT2D eigenvalue weighted by molar-refractivity contribution is 5.24. The average Bonchev–Trinajstić information content (AvgIpc) is 2.75. The zero-order valence-electron chi connectivity index (χ0n) is 11.5. The molecule has 1 aromatic rings. The molecule has 0 aromatic carbocycles. The Kier molecular flexibility index (Phi) is 6.05. The van der Waals surface area contributed by atoms with E-state index >= 15 is 0 Å². The molecule has 0 unspecified atom stereocenters. The van der Waals surface area contributed by atoms with Gasteiger partial charge in [0.25, 0.3) is 6.01 Å². The first kappa shape index (κ1) is 14.0. The third kappa shape index (κ3) is 5.22. The molecular weight excluding hydrogens is 214 g/mol. The van der Waals surface area contributed by atoms with E-state index in [0.29, 0.717) is 5.92 Å². The second-order valence-corrected chi connectivity index (χ2v) is 4.90. The van der Waals surface area contributed by atoms with E-state index in [4.69, 9.17) is 4.42 Å². The first-order chi connectivity index (χ1) is 8.13. The minimum absolute atomic E-state index is 0.707. The maximum atomic E-state index is 5.46. The lowest BCUT2D eigenvalue weighted by molar-refractivity contribution is 0.521. The Morgan fingerprint density at radius 2 is 2.24 bits per heavy atom. The van der Waals surface area contributed by atoms with Crippen molar-refractivity contribution in [3.63, 3.8) is 0 Å². The number of nitrogens with zero attached hydrogens (tertiary/aromatic N) is 2. The first-order valence-corrected chi connectivity index (χ1v) is 6.49. The Labute approximate surface area is 104 Å². The van der Waals surface area contributed by atoms with Gasteiger partial charge in [0.15, 0.2) is 0 Å². The summed E-state index contributed by atoms with van der Waals surface area (Å²) in [7, 11) is 2.03. The van der Waals surface area contributed by atoms with Crippen LogP contribution in [-0.4, -0.2) is 25.1 Å². The van der Waals surface area contributed by atoms with Gasteiger partial charge in [-0.15, -0.1) is 0 Å². The first-order valence-electron chi connectivity index (χ1n) is 6.49. The fourth-order valence-corrected chi connectivity index (χ4v) is 1.49. The number of rotatable bonds is 8. The van der Waals surface area contributed by atoms with E-state index in [1.54, 1.807) is 6.26 Å². The highest BCUT2D eigenvalue weighted by atomic mass is 16.4. The zero-order chi connectivity index (χ0) is 12.7. The molecule has 1 heterocycles. The van der Waals surface area contributed by atoms with Crippen LogP contribution in [0.2, 0.25) is 0 Å². The predicted molar refractivity (Wildman–Crippen MR) is 71.2 cm³/mol. The maximum absolute atomic E-state index is 5.46. The van der Waals surface area contributed by atoms with Crippen molar-refractivity contribution in [2.75, 3.05) is 25.0 Å². The van der Waals surface area contributed by atoms with Crippen LogP contribution in [0.1, 0.15) is 39.3 Å². The van der Waals surface area contributed by atoms with E-state index < -0.39 is 0 Å². The van der Waals surface area contributed by atoms with Crippen molar-refractivity contribution < 1.29 is 4.42 Å². The molecule has 0 saturated heterocycles. The molecule has 0 amide bonds. The molecule has 17 heavy (non-hydrogen) atoms. The molecule has 4 heteroatoms. The molecule has 0 radical (unpaired) electrons. The Morgan fingerprint density at radius 3 is 2.88 bits per heavy atom. The summed E-state index contributed by atoms with van der Waals surface area (Å²) in [6, 6.07) is 0.721. The molecule has 0 bridgehead atoms. The van der Waals surface area contributed by atoms with Gasteiger partial charge in [0.1, 0.15) is 6.26 Å². The molecule has 4 nitrogen and oxygen atoms in total. The summed E-state index contributed by atoms with van der Waals surface area (Å²) in [6.07, 6.45) is 4.03. The molecule has 98 valence electrons. The number of hydrogen-bond donors (Lipinski definition) is 1. The second kappa shape index (κ2) is 7.33. The van der Waals surface area contributed by atoms with E-state index in [9.17, 15) is 0 Å². The van der Waals surface area contributed by atoms with Gasteiger partial charge in [0.05, 0.1) is 5.69 Å². The molecule has 0 spiro atoms. The van der Waals surface area contributed by atoms with Crippen LogP contribution in [0.4, 0.5) is 6.01 Å². The fraction of sp³-hybridized carbons (Fsp3) is 0.769. The summed E-state index contributed by atoms with van der Waals surface area (Å²) in [5, 5.41) is 3.31. The van der Waals surface area contributed by atoms with Crippen LogP contribution in [0, 0.1) is 5.92 Å². The number of nitrogens with one attached hydrogen (secondary N) is 1. The third-order valence-electron chi connectivity index (χ3n) is 2.64. The van der Waals surface area contributed by atoms with Crippen molar-refractivity contribution >= 4 is 6.01 Å². The third-order valence-corrected chi connectivity index (χ3v) is 2.64. The van der Waals surface area contributed by atoms with Crippen molar-refractivity contribution in [2.45, 2.75) is 40.2 Å². The molecular formula is C13H25N3O. The van der Waals surface area contributed by atoms with Gasteiger partial charge < -0.3 is 14.6 Å². The lowest BCUT2D eigenvalue weighted by Gasteiger charge is -2.15. The Hall–Kier alpha value is -1.03. The predicted octanol–water partition coefficient (Wildman–Crippen LogP) is 2.66. The Bertz CT molecular complexity index is 309. The fourth-order valence-electron chi connectivity index (χ4n) is 1.49. The monoisotopic (exact) mass is 239 g/mol. The minimum Gasteiger partial charge on any atom is -0.432 e. The topological polar surface area (TPSA) is 41.3 Å². The minimum atomic E-state index is 0.707. The second-order valence-electron chi connectivity index (χ2n) is 4.90. The Morgan fingerprint density at radius 1 is 1.47 bits per heavy atom. The molecule has 1 rings (SSSR count). The zero-order valence-corrected chi connectivity index (χ0v) is 11.5. The van der Waals surface area contributed by atoms with Crippen LogP contribution in [-0.2, 0) is 6.54 Å². The molecule has 0 aliphatic rings. The molecule has 0 atom stereocenters. The summed E-state index contributed by atoms with van der Waals surface area (Å²) in [5.74, 6) is 0.707. The van der Waals surface area contributed by atoms with E-state index in [1.807, 2.05) is 7.05 Å². The SMILES string of the molecule is CCCNCc1coc(N(C)CCC(C)C)n1. The van der Waals surface area contributed by atoms with Crippen LogP contribution in [0.3, 0.4) is 0 Å². The van der Waals surface area contributed by atoms with Gasteiger partial charge in [-0.3, -0.25) is 0 Å². The van der Waals surface area contributed by atoms with E-state index in [1.165, 1.54) is 0 Å². The number of aromatic nitrogens is 1. The molecule has 1 aromatic heterocycles. The van der Waals surface area contributed by atoms with E-state index in [0.717, 1.165) is 44.2 Å². The van der Waals surface area contributed by atoms with Crippen molar-refractivity contribution in [3.05, 3.63) is 12.0 Å². The van der Waals surface area contributed by atoms with Crippen LogP contribution in [0.5, 0.6) is 0 Å². The van der Waals surface area contributed by atoms with Gasteiger partial charge in [0, 0.05) is 20.1 Å². The van der Waals surface area contributed by atoms with Gasteiger partial charge >= 0.3 is 0 Å². The molecule has 0 saturated carbocycles. The maximum Gasteiger partial charge on any atom is 0.297 e. The van der Waals surface area contributed by atoms with Crippen LogP contribution < -0.4 is 10.2 Å². The lowest BCUT2D eigenvalue weighted by atomic mass is 10.1. The van der Waals surface area contributed by atoms with Gasteiger partial charge in [-0.05, 0) is 25.3 Å². The summed E-state index contributed by atoms with van der Waals surface area (Å²) in [4.78, 5) is 6.53. The summed E-state index contributed by atoms with van der Waals surface area (Å²) < 4.78 is 5.46. The van der Waals surface area contributed by atoms with Gasteiger partial charge in [0.2, 0.25) is 0 Å². The summed E-state index contributed by atoms with van der Waals surface area (Å²) in [6.45, 7) is 9.40. The van der Waals surface area contributed by atoms with Crippen molar-refractivity contribution in [3.8, 4) is 0 Å². The number of anilines is 1. The van der Waals surface area contributed by atoms with Gasteiger partial charge in [-0.1, -0.05) is 20.8 Å². The summed E-state index contributed by atoms with van der Waals surface area (Å²) in [5.41, 5.74) is 0.977. The normalized spacial score (nSPS) is 11.1. The quantitative estimate of drug-likeness (QED) is 0.708. The Balaban J connectivity index is 2.38. The smallest absolute Gasteiger partial charge is 0.297 e. The standard InChI is InChI=1S/C13H25N3O/c1-5-7-14-9-12-10-17-13(15-12)16(4)8-6-11(2)3/h10-11,14H,5-9H2,1-4H3. The molecule has 0 fully saturated rings. The molecule has 1 N–H and O–H groups in total. The van der Waals surface area contributed by atoms with Crippen molar-refractivity contribution in [2.24, 2.45) is 5.92 Å². The van der Waals surface area contributed by atoms with Crippen molar-refractivity contribution in [1.82, 2.24) is 10.3 Å². The van der Waals surface area contributed by atoms with Crippen LogP contribution >= 0.6 is 0 Å².